The van der Waals surface area contributed by atoms with Crippen molar-refractivity contribution in [3.8, 4) is 0 Å². The zero-order valence-corrected chi connectivity index (χ0v) is 34.1. The third-order valence-corrected chi connectivity index (χ3v) is 19.0. The number of rotatable bonds is 0. The molecule has 9 heteroatoms. The highest BCUT2D eigenvalue weighted by atomic mass is 27.2. The predicted octanol–water partition coefficient (Wildman–Crippen LogP) is 1.31. The number of nitrogens with zero attached hydrogens (tertiary/aromatic N) is 4. The minimum absolute atomic E-state index is 0.148. The molecule has 8 heterocycles. The lowest BCUT2D eigenvalue weighted by Gasteiger charge is -2.56. The average molecular weight is 738 g/mol. The second-order valence-electron chi connectivity index (χ2n) is 18.3. The number of para-hydroxylation sites is 2. The van der Waals surface area contributed by atoms with Crippen molar-refractivity contribution in [1.29, 1.82) is 0 Å². The van der Waals surface area contributed by atoms with Gasteiger partial charge in [-0.3, -0.25) is 0 Å². The molecule has 0 atom stereocenters. The van der Waals surface area contributed by atoms with E-state index >= 15 is 0 Å². The van der Waals surface area contributed by atoms with E-state index in [4.69, 9.17) is 0 Å². The van der Waals surface area contributed by atoms with Crippen LogP contribution in [0.4, 0.5) is 56.9 Å². The van der Waals surface area contributed by atoms with Crippen molar-refractivity contribution < 1.29 is 0 Å². The highest BCUT2D eigenvalue weighted by Gasteiger charge is 2.58. The summed E-state index contributed by atoms with van der Waals surface area (Å²) >= 11 is -2.05. The van der Waals surface area contributed by atoms with Gasteiger partial charge in [0, 0.05) is 71.0 Å². The second kappa shape index (κ2) is 9.62. The Labute approximate surface area is 339 Å². The van der Waals surface area contributed by atoms with Gasteiger partial charge in [0.2, 0.25) is 13.4 Å². The Hall–Kier alpha value is -5.47. The van der Waals surface area contributed by atoms with E-state index in [1.165, 1.54) is 123 Å². The van der Waals surface area contributed by atoms with Gasteiger partial charge in [-0.25, -0.2) is 0 Å². The van der Waals surface area contributed by atoms with Gasteiger partial charge >= 0.3 is 14.1 Å². The number of fused-ring (bicyclic) bond motifs is 8. The highest BCUT2D eigenvalue weighted by Crippen LogP contribution is 2.49. The summed E-state index contributed by atoms with van der Waals surface area (Å²) in [6, 6.07) is 41.4. The molecule has 0 N–H and O–H groups in total. The van der Waals surface area contributed by atoms with Gasteiger partial charge in [0.05, 0.1) is 0 Å². The lowest BCUT2D eigenvalue weighted by molar-refractivity contribution is 1.20. The molecule has 0 amide bonds. The Balaban J connectivity index is 1.19. The van der Waals surface area contributed by atoms with E-state index < -0.39 is 14.1 Å². The molecular formula is C48H35AlB4N4. The zero-order valence-electron chi connectivity index (χ0n) is 33.0. The average Bonchev–Trinajstić information content (AvgIpc) is 3.22. The van der Waals surface area contributed by atoms with Crippen LogP contribution < -0.4 is 87.5 Å². The maximum Gasteiger partial charge on any atom is 0.396 e. The van der Waals surface area contributed by atoms with E-state index in [1.807, 2.05) is 0 Å². The van der Waals surface area contributed by atoms with Gasteiger partial charge in [-0.2, -0.15) is 0 Å². The molecule has 8 aliphatic rings. The van der Waals surface area contributed by atoms with E-state index in [0.29, 0.717) is 13.4 Å². The number of hydrogen-bond acceptors (Lipinski definition) is 4. The zero-order chi connectivity index (χ0) is 37.7. The molecule has 0 spiro atoms. The van der Waals surface area contributed by atoms with Gasteiger partial charge < -0.3 is 19.6 Å². The van der Waals surface area contributed by atoms with Crippen molar-refractivity contribution in [1.82, 2.24) is 0 Å². The molecule has 0 saturated carbocycles. The molecule has 0 fully saturated rings. The summed E-state index contributed by atoms with van der Waals surface area (Å²) in [4.78, 5) is 10.6. The van der Waals surface area contributed by atoms with Crippen LogP contribution in [-0.2, 0) is 0 Å². The van der Waals surface area contributed by atoms with Gasteiger partial charge in [-0.05, 0) is 70.9 Å². The quantitative estimate of drug-likeness (QED) is 0.218. The van der Waals surface area contributed by atoms with Crippen LogP contribution in [0.2, 0.25) is 13.6 Å². The third-order valence-electron chi connectivity index (χ3n) is 15.7. The summed E-state index contributed by atoms with van der Waals surface area (Å²) in [6.07, 6.45) is 0. The number of anilines is 10. The summed E-state index contributed by atoms with van der Waals surface area (Å²) in [5.41, 5.74) is 31.8. The molecule has 0 aromatic heterocycles. The first-order valence-electron chi connectivity index (χ1n) is 20.9. The van der Waals surface area contributed by atoms with Crippen molar-refractivity contribution in [3.05, 3.63) is 114 Å². The minimum Gasteiger partial charge on any atom is -0.345 e. The van der Waals surface area contributed by atoms with Crippen LogP contribution in [0.25, 0.3) is 0 Å². The van der Waals surface area contributed by atoms with Crippen molar-refractivity contribution in [2.24, 2.45) is 0 Å². The van der Waals surface area contributed by atoms with E-state index in [-0.39, 0.29) is 13.4 Å². The fourth-order valence-corrected chi connectivity index (χ4v) is 17.7. The van der Waals surface area contributed by atoms with Crippen molar-refractivity contribution in [2.45, 2.75) is 27.5 Å². The summed E-state index contributed by atoms with van der Waals surface area (Å²) in [5, 5.41) is 0. The smallest absolute Gasteiger partial charge is 0.345 e. The largest absolute Gasteiger partial charge is 0.396 e. The van der Waals surface area contributed by atoms with Crippen LogP contribution in [0.5, 0.6) is 0 Å². The molecule has 57 heavy (non-hydrogen) atoms. The molecule has 15 rings (SSSR count). The van der Waals surface area contributed by atoms with Crippen molar-refractivity contribution in [3.63, 3.8) is 0 Å². The SMILES string of the molecule is CB1c2cc(C)c[c]3c2N2c4c1ccc1c4B(c4ccccc4N1C)c1cc4c5[c](c12)[Al]3[c]1cc(C)cc2c1N5c1c(ccc3c1B4c1ccccc1N3C)B2C. The molecule has 4 nitrogen and oxygen atoms in total. The molecular weight excluding hydrogens is 703 g/mol. The molecule has 7 aromatic carbocycles. The van der Waals surface area contributed by atoms with Crippen molar-refractivity contribution >= 4 is 166 Å². The first-order valence-corrected chi connectivity index (χ1v) is 22.6. The van der Waals surface area contributed by atoms with Crippen LogP contribution >= 0.6 is 0 Å². The lowest BCUT2D eigenvalue weighted by atomic mass is 9.28. The number of benzene rings is 7. The van der Waals surface area contributed by atoms with Crippen LogP contribution in [0, 0.1) is 13.8 Å². The van der Waals surface area contributed by atoms with Crippen LogP contribution in [0.3, 0.4) is 0 Å². The topological polar surface area (TPSA) is 13.0 Å². The Morgan fingerprint density at radius 3 is 1.35 bits per heavy atom. The van der Waals surface area contributed by atoms with Crippen LogP contribution in [0.1, 0.15) is 11.1 Å². The summed E-state index contributed by atoms with van der Waals surface area (Å²) < 4.78 is 4.88. The molecule has 0 saturated heterocycles. The van der Waals surface area contributed by atoms with E-state index in [9.17, 15) is 0 Å². The molecule has 7 aromatic rings. The normalized spacial score (nSPS) is 16.3. The maximum atomic E-state index is 2.83. The Bertz CT molecular complexity index is 2990. The Kier molecular flexibility index (Phi) is 5.17. The van der Waals surface area contributed by atoms with E-state index in [1.54, 1.807) is 13.3 Å². The number of hydrogen-bond donors (Lipinski definition) is 0. The first-order chi connectivity index (χ1) is 27.8. The Morgan fingerprint density at radius 1 is 0.421 bits per heavy atom. The van der Waals surface area contributed by atoms with E-state index in [0.717, 1.165) is 0 Å². The first kappa shape index (κ1) is 30.6. The summed E-state index contributed by atoms with van der Waals surface area (Å²) in [5.74, 6) is 0. The van der Waals surface area contributed by atoms with Gasteiger partial charge in [0.25, 0.3) is 13.4 Å². The Morgan fingerprint density at radius 2 is 0.877 bits per heavy atom. The number of aryl methyl sites for hydroxylation is 2. The highest BCUT2D eigenvalue weighted by molar-refractivity contribution is 7.09. The molecule has 0 bridgehead atoms. The third kappa shape index (κ3) is 3.15. The summed E-state index contributed by atoms with van der Waals surface area (Å²) in [7, 11) is 4.57. The predicted molar refractivity (Wildman–Crippen MR) is 250 cm³/mol. The molecule has 0 radical (unpaired) electrons. The van der Waals surface area contributed by atoms with Gasteiger partial charge in [-0.15, -0.1) is 0 Å². The second-order valence-corrected chi connectivity index (χ2v) is 21.0. The van der Waals surface area contributed by atoms with Gasteiger partial charge in [0.15, 0.2) is 0 Å². The van der Waals surface area contributed by atoms with Gasteiger partial charge in [0.1, 0.15) is 0 Å². The fourth-order valence-electron chi connectivity index (χ4n) is 13.6. The molecule has 0 unspecified atom stereocenters. The standard InChI is InChI=1S/C48H35B4N4.Al/c1-27-15-19-39-33(23-27)49(3)31-17-21-41-45-47(31)55(39)43-26-44-36(25-35(43)51(45)29-11-7-9-13-37(29)53(41)5)52-30-12-8-10-14-38(30)54(6)42-22-18-32-48(46(42)52)56(44)40-20-16-28(2)24-34(40)50(32)4;/h7-18,21-25H,1-6H3;. The molecule has 8 aliphatic heterocycles. The minimum atomic E-state index is -2.05. The van der Waals surface area contributed by atoms with E-state index in [2.05, 4.69) is 164 Å². The fraction of sp³-hybridized carbons (Fsp3) is 0.125. The molecule has 0 aliphatic carbocycles. The maximum absolute atomic E-state index is 2.83. The van der Waals surface area contributed by atoms with Crippen LogP contribution in [-0.4, -0.2) is 55.1 Å². The van der Waals surface area contributed by atoms with Gasteiger partial charge in [-0.1, -0.05) is 139 Å². The van der Waals surface area contributed by atoms with Crippen LogP contribution in [0.15, 0.2) is 103 Å². The monoisotopic (exact) mass is 738 g/mol. The lowest BCUT2D eigenvalue weighted by Crippen LogP contribution is -2.76. The van der Waals surface area contributed by atoms with Crippen molar-refractivity contribution in [2.75, 3.05) is 33.7 Å². The molecule has 262 valence electrons. The summed E-state index contributed by atoms with van der Waals surface area (Å²) in [6.45, 7) is 10.6.